The van der Waals surface area contributed by atoms with Gasteiger partial charge in [-0.05, 0) is 30.5 Å². The molecule has 0 bridgehead atoms. The first-order valence-electron chi connectivity index (χ1n) is 5.90. The van der Waals surface area contributed by atoms with Gasteiger partial charge in [0.05, 0.1) is 0 Å². The highest BCUT2D eigenvalue weighted by atomic mass is 16.2. The number of nitrogens with zero attached hydrogens (tertiary/aromatic N) is 1. The predicted octanol–water partition coefficient (Wildman–Crippen LogP) is 1.49. The molecule has 18 heavy (non-hydrogen) atoms. The molecule has 1 heterocycles. The molecule has 2 amide bonds. The smallest absolute Gasteiger partial charge is 0.248 e. The lowest BCUT2D eigenvalue weighted by molar-refractivity contribution is -0.126. The van der Waals surface area contributed by atoms with Crippen LogP contribution >= 0.6 is 0 Å². The molecule has 1 aromatic rings. The minimum atomic E-state index is -0.551. The summed E-state index contributed by atoms with van der Waals surface area (Å²) in [6, 6.07) is 3.08. The van der Waals surface area contributed by atoms with Crippen LogP contribution in [-0.4, -0.2) is 22.8 Å². The van der Waals surface area contributed by atoms with E-state index in [9.17, 15) is 9.59 Å². The van der Waals surface area contributed by atoms with Gasteiger partial charge in [-0.2, -0.15) is 0 Å². The van der Waals surface area contributed by atoms with Crippen molar-refractivity contribution in [1.29, 1.82) is 0 Å². The lowest BCUT2D eigenvalue weighted by atomic mass is 10.0. The number of pyridine rings is 1. The number of rotatable bonds is 4. The maximum atomic E-state index is 12.0. The second-order valence-corrected chi connectivity index (χ2v) is 4.63. The second-order valence-electron chi connectivity index (χ2n) is 4.63. The van der Waals surface area contributed by atoms with E-state index in [1.807, 2.05) is 26.8 Å². The largest absolute Gasteiger partial charge is 0.344 e. The number of hydrogen-bond donors (Lipinski definition) is 2. The Bertz CT molecular complexity index is 444. The highest BCUT2D eigenvalue weighted by Crippen LogP contribution is 2.08. The molecule has 1 unspecified atom stereocenters. The summed E-state index contributed by atoms with van der Waals surface area (Å²) in [5.74, 6) is 0.0362. The molecule has 0 aliphatic heterocycles. The van der Waals surface area contributed by atoms with Crippen LogP contribution in [0.15, 0.2) is 18.3 Å². The number of hydrogen-bond acceptors (Lipinski definition) is 3. The number of aromatic nitrogens is 1. The molecule has 0 saturated carbocycles. The fraction of sp³-hybridized carbons (Fsp3) is 0.462. The van der Waals surface area contributed by atoms with E-state index in [1.165, 1.54) is 6.92 Å². The molecule has 2 N–H and O–H groups in total. The summed E-state index contributed by atoms with van der Waals surface area (Å²) in [6.45, 7) is 7.08. The highest BCUT2D eigenvalue weighted by Gasteiger charge is 2.23. The van der Waals surface area contributed by atoms with Crippen molar-refractivity contribution in [3.8, 4) is 0 Å². The third-order valence-corrected chi connectivity index (χ3v) is 2.47. The van der Waals surface area contributed by atoms with E-state index in [4.69, 9.17) is 0 Å². The van der Waals surface area contributed by atoms with Crippen molar-refractivity contribution in [2.75, 3.05) is 5.32 Å². The second kappa shape index (κ2) is 6.14. The van der Waals surface area contributed by atoms with E-state index in [1.54, 1.807) is 12.3 Å². The number of carbonyl (C=O) groups excluding carboxylic acids is 2. The van der Waals surface area contributed by atoms with Crippen LogP contribution in [0.1, 0.15) is 26.3 Å². The van der Waals surface area contributed by atoms with E-state index >= 15 is 0 Å². The standard InChI is InChI=1S/C13H19N3O2/c1-8(2)12(15-10(4)17)13(18)16-11-7-9(3)5-6-14-11/h5-8,12H,1-4H3,(H,15,17)(H,14,16,18). The highest BCUT2D eigenvalue weighted by molar-refractivity contribution is 5.96. The quantitative estimate of drug-likeness (QED) is 0.849. The van der Waals surface area contributed by atoms with Crippen LogP contribution < -0.4 is 10.6 Å². The molecule has 0 fully saturated rings. The zero-order chi connectivity index (χ0) is 13.7. The molecule has 1 rings (SSSR count). The molecule has 5 nitrogen and oxygen atoms in total. The van der Waals surface area contributed by atoms with Gasteiger partial charge in [0, 0.05) is 13.1 Å². The summed E-state index contributed by atoms with van der Waals surface area (Å²) in [5.41, 5.74) is 1.01. The number of amides is 2. The molecule has 5 heteroatoms. The Balaban J connectivity index is 2.75. The lowest BCUT2D eigenvalue weighted by Crippen LogP contribution is -2.46. The average molecular weight is 249 g/mol. The molecule has 0 aliphatic rings. The Morgan fingerprint density at radius 1 is 1.33 bits per heavy atom. The lowest BCUT2D eigenvalue weighted by Gasteiger charge is -2.20. The maximum absolute atomic E-state index is 12.0. The fourth-order valence-electron chi connectivity index (χ4n) is 1.56. The summed E-state index contributed by atoms with van der Waals surface area (Å²) >= 11 is 0. The summed E-state index contributed by atoms with van der Waals surface area (Å²) in [4.78, 5) is 27.2. The Kier molecular flexibility index (Phi) is 4.83. The molecule has 1 atom stereocenters. The Labute approximate surface area is 107 Å². The first-order chi connectivity index (χ1) is 8.40. The van der Waals surface area contributed by atoms with Crippen LogP contribution in [0, 0.1) is 12.8 Å². The van der Waals surface area contributed by atoms with Gasteiger partial charge in [-0.25, -0.2) is 4.98 Å². The van der Waals surface area contributed by atoms with Gasteiger partial charge < -0.3 is 10.6 Å². The van der Waals surface area contributed by atoms with Crippen LogP contribution in [-0.2, 0) is 9.59 Å². The molecule has 0 aliphatic carbocycles. The molecular formula is C13H19N3O2. The average Bonchev–Trinajstić information content (AvgIpc) is 2.25. The van der Waals surface area contributed by atoms with Crippen molar-refractivity contribution >= 4 is 17.6 Å². The Morgan fingerprint density at radius 2 is 2.00 bits per heavy atom. The first-order valence-corrected chi connectivity index (χ1v) is 5.90. The molecular weight excluding hydrogens is 230 g/mol. The van der Waals surface area contributed by atoms with E-state index in [2.05, 4.69) is 15.6 Å². The molecule has 0 saturated heterocycles. The maximum Gasteiger partial charge on any atom is 0.248 e. The summed E-state index contributed by atoms with van der Waals surface area (Å²) in [5, 5.41) is 5.34. The van der Waals surface area contributed by atoms with Gasteiger partial charge in [-0.15, -0.1) is 0 Å². The summed E-state index contributed by atoms with van der Waals surface area (Å²) in [7, 11) is 0. The monoisotopic (exact) mass is 249 g/mol. The number of nitrogens with one attached hydrogen (secondary N) is 2. The zero-order valence-corrected chi connectivity index (χ0v) is 11.2. The predicted molar refractivity (Wildman–Crippen MR) is 70.0 cm³/mol. The number of carbonyl (C=O) groups is 2. The zero-order valence-electron chi connectivity index (χ0n) is 11.2. The van der Waals surface area contributed by atoms with Gasteiger partial charge in [-0.1, -0.05) is 13.8 Å². The van der Waals surface area contributed by atoms with E-state index < -0.39 is 6.04 Å². The van der Waals surface area contributed by atoms with E-state index in [0.29, 0.717) is 5.82 Å². The number of aryl methyl sites for hydroxylation is 1. The normalized spacial score (nSPS) is 12.1. The van der Waals surface area contributed by atoms with Gasteiger partial charge in [-0.3, -0.25) is 9.59 Å². The van der Waals surface area contributed by atoms with Gasteiger partial charge in [0.2, 0.25) is 11.8 Å². The fourth-order valence-corrected chi connectivity index (χ4v) is 1.56. The van der Waals surface area contributed by atoms with Crippen molar-refractivity contribution in [2.45, 2.75) is 33.7 Å². The number of anilines is 1. The van der Waals surface area contributed by atoms with Gasteiger partial charge in [0.15, 0.2) is 0 Å². The summed E-state index contributed by atoms with van der Waals surface area (Å²) in [6.07, 6.45) is 1.63. The van der Waals surface area contributed by atoms with Crippen molar-refractivity contribution in [3.63, 3.8) is 0 Å². The first kappa shape index (κ1) is 14.2. The molecule has 0 spiro atoms. The van der Waals surface area contributed by atoms with Crippen LogP contribution in [0.4, 0.5) is 5.82 Å². The molecule has 98 valence electrons. The Hall–Kier alpha value is -1.91. The third kappa shape index (κ3) is 4.16. The molecule has 0 aromatic carbocycles. The van der Waals surface area contributed by atoms with Gasteiger partial charge in [0.1, 0.15) is 11.9 Å². The van der Waals surface area contributed by atoms with Gasteiger partial charge >= 0.3 is 0 Å². The molecule has 1 aromatic heterocycles. The van der Waals surface area contributed by atoms with Gasteiger partial charge in [0.25, 0.3) is 0 Å². The van der Waals surface area contributed by atoms with Crippen LogP contribution in [0.2, 0.25) is 0 Å². The minimum absolute atomic E-state index is 0.0127. The Morgan fingerprint density at radius 3 is 2.50 bits per heavy atom. The third-order valence-electron chi connectivity index (χ3n) is 2.47. The van der Waals surface area contributed by atoms with Crippen molar-refractivity contribution in [2.24, 2.45) is 5.92 Å². The van der Waals surface area contributed by atoms with E-state index in [0.717, 1.165) is 5.56 Å². The van der Waals surface area contributed by atoms with E-state index in [-0.39, 0.29) is 17.7 Å². The SMILES string of the molecule is CC(=O)NC(C(=O)Nc1cc(C)ccn1)C(C)C. The van der Waals surface area contributed by atoms with Crippen LogP contribution in [0.5, 0.6) is 0 Å². The topological polar surface area (TPSA) is 71.1 Å². The van der Waals surface area contributed by atoms with Crippen molar-refractivity contribution < 1.29 is 9.59 Å². The minimum Gasteiger partial charge on any atom is -0.344 e. The summed E-state index contributed by atoms with van der Waals surface area (Å²) < 4.78 is 0. The van der Waals surface area contributed by atoms with Crippen LogP contribution in [0.25, 0.3) is 0 Å². The van der Waals surface area contributed by atoms with Crippen LogP contribution in [0.3, 0.4) is 0 Å². The molecule has 0 radical (unpaired) electrons. The van der Waals surface area contributed by atoms with Crippen molar-refractivity contribution in [3.05, 3.63) is 23.9 Å². The van der Waals surface area contributed by atoms with Crippen molar-refractivity contribution in [1.82, 2.24) is 10.3 Å².